The largest absolute Gasteiger partial charge is 0.491 e. The second-order valence-corrected chi connectivity index (χ2v) is 5.88. The zero-order valence-corrected chi connectivity index (χ0v) is 11.2. The van der Waals surface area contributed by atoms with Crippen molar-refractivity contribution < 1.29 is 17.9 Å². The molecule has 0 aromatic heterocycles. The standard InChI is InChI=1S/C15H18F3NO/c16-15(17,18)11-5-4-6-12-13(11)19-9-14(10-20-12)7-2-1-3-8-14/h4-6,19H,1-3,7-10H2. The SMILES string of the molecule is FC(F)(F)c1cccc2c1NCC1(CCCCC1)CO2. The van der Waals surface area contributed by atoms with Crippen LogP contribution in [0.4, 0.5) is 18.9 Å². The van der Waals surface area contributed by atoms with Crippen LogP contribution in [-0.4, -0.2) is 13.2 Å². The highest BCUT2D eigenvalue weighted by Gasteiger charge is 2.39. The predicted molar refractivity (Wildman–Crippen MR) is 70.9 cm³/mol. The van der Waals surface area contributed by atoms with Crippen molar-refractivity contribution in [2.75, 3.05) is 18.5 Å². The van der Waals surface area contributed by atoms with Crippen molar-refractivity contribution in [1.29, 1.82) is 0 Å². The van der Waals surface area contributed by atoms with Crippen LogP contribution in [0.1, 0.15) is 37.7 Å². The molecule has 2 aliphatic rings. The molecule has 1 aliphatic heterocycles. The molecule has 1 fully saturated rings. The van der Waals surface area contributed by atoms with Gasteiger partial charge in [0.05, 0.1) is 17.9 Å². The highest BCUT2D eigenvalue weighted by atomic mass is 19.4. The van der Waals surface area contributed by atoms with E-state index in [1.807, 2.05) is 0 Å². The molecule has 0 atom stereocenters. The van der Waals surface area contributed by atoms with Gasteiger partial charge in [0.25, 0.3) is 0 Å². The van der Waals surface area contributed by atoms with Crippen molar-refractivity contribution in [3.05, 3.63) is 23.8 Å². The molecule has 5 heteroatoms. The predicted octanol–water partition coefficient (Wildman–Crippen LogP) is 4.46. The Morgan fingerprint density at radius 2 is 1.85 bits per heavy atom. The van der Waals surface area contributed by atoms with Crippen LogP contribution in [0.5, 0.6) is 5.75 Å². The van der Waals surface area contributed by atoms with Crippen molar-refractivity contribution in [1.82, 2.24) is 0 Å². The Bertz CT molecular complexity index is 492. The van der Waals surface area contributed by atoms with Gasteiger partial charge in [-0.2, -0.15) is 13.2 Å². The van der Waals surface area contributed by atoms with E-state index in [-0.39, 0.29) is 11.1 Å². The first-order chi connectivity index (χ1) is 9.50. The second-order valence-electron chi connectivity index (χ2n) is 5.88. The molecule has 1 N–H and O–H groups in total. The Morgan fingerprint density at radius 3 is 2.55 bits per heavy atom. The third-order valence-corrected chi connectivity index (χ3v) is 4.42. The zero-order valence-electron chi connectivity index (χ0n) is 11.2. The smallest absolute Gasteiger partial charge is 0.418 e. The van der Waals surface area contributed by atoms with Crippen LogP contribution in [-0.2, 0) is 6.18 Å². The highest BCUT2D eigenvalue weighted by Crippen LogP contribution is 2.45. The molecule has 2 nitrogen and oxygen atoms in total. The average molecular weight is 285 g/mol. The van der Waals surface area contributed by atoms with E-state index in [9.17, 15) is 13.2 Å². The maximum atomic E-state index is 13.0. The van der Waals surface area contributed by atoms with Crippen LogP contribution < -0.4 is 10.1 Å². The Labute approximate surface area is 116 Å². The lowest BCUT2D eigenvalue weighted by atomic mass is 9.74. The fourth-order valence-corrected chi connectivity index (χ4v) is 3.25. The number of halogens is 3. The zero-order chi connectivity index (χ0) is 14.2. The lowest BCUT2D eigenvalue weighted by Gasteiger charge is -2.35. The van der Waals surface area contributed by atoms with Gasteiger partial charge < -0.3 is 10.1 Å². The monoisotopic (exact) mass is 285 g/mol. The van der Waals surface area contributed by atoms with Crippen LogP contribution in [0.3, 0.4) is 0 Å². The number of hydrogen-bond acceptors (Lipinski definition) is 2. The summed E-state index contributed by atoms with van der Waals surface area (Å²) < 4.78 is 44.9. The van der Waals surface area contributed by atoms with E-state index in [2.05, 4.69) is 5.32 Å². The van der Waals surface area contributed by atoms with Gasteiger partial charge in [-0.3, -0.25) is 0 Å². The maximum absolute atomic E-state index is 13.0. The fourth-order valence-electron chi connectivity index (χ4n) is 3.25. The molecule has 0 saturated heterocycles. The van der Waals surface area contributed by atoms with Crippen LogP contribution in [0, 0.1) is 5.41 Å². The van der Waals surface area contributed by atoms with Crippen molar-refractivity contribution >= 4 is 5.69 Å². The Hall–Kier alpha value is -1.39. The average Bonchev–Trinajstić information content (AvgIpc) is 2.59. The molecule has 20 heavy (non-hydrogen) atoms. The topological polar surface area (TPSA) is 21.3 Å². The minimum Gasteiger partial charge on any atom is -0.491 e. The van der Waals surface area contributed by atoms with Gasteiger partial charge in [-0.25, -0.2) is 0 Å². The van der Waals surface area contributed by atoms with Crippen molar-refractivity contribution in [3.63, 3.8) is 0 Å². The lowest BCUT2D eigenvalue weighted by molar-refractivity contribution is -0.137. The van der Waals surface area contributed by atoms with Crippen molar-refractivity contribution in [3.8, 4) is 5.75 Å². The highest BCUT2D eigenvalue weighted by molar-refractivity contribution is 5.63. The van der Waals surface area contributed by atoms with Gasteiger partial charge in [-0.1, -0.05) is 25.3 Å². The quantitative estimate of drug-likeness (QED) is 0.760. The van der Waals surface area contributed by atoms with Gasteiger partial charge in [0.1, 0.15) is 5.75 Å². The van der Waals surface area contributed by atoms with Crippen LogP contribution >= 0.6 is 0 Å². The summed E-state index contributed by atoms with van der Waals surface area (Å²) in [6, 6.07) is 4.12. The summed E-state index contributed by atoms with van der Waals surface area (Å²) in [6.45, 7) is 1.07. The van der Waals surface area contributed by atoms with E-state index in [1.54, 1.807) is 6.07 Å². The van der Waals surface area contributed by atoms with Crippen LogP contribution in [0.15, 0.2) is 18.2 Å². The molecule has 1 spiro atoms. The van der Waals surface area contributed by atoms with Gasteiger partial charge in [-0.05, 0) is 25.0 Å². The fraction of sp³-hybridized carbons (Fsp3) is 0.600. The van der Waals surface area contributed by atoms with E-state index < -0.39 is 11.7 Å². The first kappa shape index (κ1) is 13.6. The third kappa shape index (κ3) is 2.45. The van der Waals surface area contributed by atoms with Crippen LogP contribution in [0.2, 0.25) is 0 Å². The number of nitrogens with one attached hydrogen (secondary N) is 1. The van der Waals surface area contributed by atoms with E-state index >= 15 is 0 Å². The molecule has 0 bridgehead atoms. The van der Waals surface area contributed by atoms with E-state index in [1.165, 1.54) is 12.5 Å². The molecule has 1 heterocycles. The first-order valence-electron chi connectivity index (χ1n) is 7.07. The van der Waals surface area contributed by atoms with Gasteiger partial charge >= 0.3 is 6.18 Å². The van der Waals surface area contributed by atoms with Gasteiger partial charge in [0.2, 0.25) is 0 Å². The van der Waals surface area contributed by atoms with Crippen molar-refractivity contribution in [2.45, 2.75) is 38.3 Å². The summed E-state index contributed by atoms with van der Waals surface area (Å²) in [5, 5.41) is 3.02. The number of rotatable bonds is 0. The normalized spacial score (nSPS) is 21.6. The Morgan fingerprint density at radius 1 is 1.10 bits per heavy atom. The summed E-state index contributed by atoms with van der Waals surface area (Å²) in [7, 11) is 0. The minimum absolute atomic E-state index is 0.0138. The number of hydrogen-bond donors (Lipinski definition) is 1. The summed E-state index contributed by atoms with van der Waals surface area (Å²) >= 11 is 0. The molecule has 0 unspecified atom stereocenters. The number of anilines is 1. The number of para-hydroxylation sites is 1. The molecule has 1 aromatic rings. The summed E-state index contributed by atoms with van der Waals surface area (Å²) in [5.74, 6) is 0.322. The molecule has 110 valence electrons. The van der Waals surface area contributed by atoms with Gasteiger partial charge in [0, 0.05) is 12.0 Å². The molecule has 3 rings (SSSR count). The van der Waals surface area contributed by atoms with E-state index in [4.69, 9.17) is 4.74 Å². The molecular weight excluding hydrogens is 267 g/mol. The Balaban J connectivity index is 1.90. The van der Waals surface area contributed by atoms with E-state index in [0.717, 1.165) is 31.7 Å². The molecule has 0 amide bonds. The van der Waals surface area contributed by atoms with Gasteiger partial charge in [0.15, 0.2) is 0 Å². The molecule has 1 saturated carbocycles. The molecule has 0 radical (unpaired) electrons. The van der Waals surface area contributed by atoms with Gasteiger partial charge in [-0.15, -0.1) is 0 Å². The van der Waals surface area contributed by atoms with Crippen molar-refractivity contribution in [2.24, 2.45) is 5.41 Å². The number of fused-ring (bicyclic) bond motifs is 1. The summed E-state index contributed by atoms with van der Waals surface area (Å²) in [6.07, 6.45) is 1.17. The number of benzene rings is 1. The van der Waals surface area contributed by atoms with E-state index in [0.29, 0.717) is 18.9 Å². The molecule has 1 aliphatic carbocycles. The maximum Gasteiger partial charge on any atom is 0.418 e. The molecule has 1 aromatic carbocycles. The summed E-state index contributed by atoms with van der Waals surface area (Å²) in [4.78, 5) is 0. The minimum atomic E-state index is -4.36. The number of ether oxygens (including phenoxy) is 1. The summed E-state index contributed by atoms with van der Waals surface area (Å²) in [5.41, 5.74) is -0.551. The second kappa shape index (κ2) is 4.86. The Kier molecular flexibility index (Phi) is 3.30. The third-order valence-electron chi connectivity index (χ3n) is 4.42. The first-order valence-corrected chi connectivity index (χ1v) is 7.07. The van der Waals surface area contributed by atoms with Crippen LogP contribution in [0.25, 0.3) is 0 Å². The number of alkyl halides is 3. The lowest BCUT2D eigenvalue weighted by Crippen LogP contribution is -2.36. The molecular formula is C15H18F3NO.